The van der Waals surface area contributed by atoms with E-state index in [9.17, 15) is 4.79 Å². The number of hydrogen-bond acceptors (Lipinski definition) is 4. The Bertz CT molecular complexity index is 410. The van der Waals surface area contributed by atoms with Gasteiger partial charge in [-0.3, -0.25) is 9.69 Å². The summed E-state index contributed by atoms with van der Waals surface area (Å²) in [6, 6.07) is 3.38. The fraction of sp³-hybridized carbons (Fsp3) is 0.500. The van der Waals surface area contributed by atoms with Crippen LogP contribution in [-0.4, -0.2) is 48.1 Å². The van der Waals surface area contributed by atoms with Crippen LogP contribution < -0.4 is 5.32 Å². The van der Waals surface area contributed by atoms with Crippen molar-refractivity contribution in [1.29, 1.82) is 0 Å². The van der Waals surface area contributed by atoms with E-state index in [0.717, 1.165) is 13.1 Å². The quantitative estimate of drug-likeness (QED) is 0.901. The summed E-state index contributed by atoms with van der Waals surface area (Å²) in [7, 11) is 0. The van der Waals surface area contributed by atoms with Gasteiger partial charge in [0, 0.05) is 19.3 Å². The number of halogens is 1. The molecule has 5 nitrogen and oxygen atoms in total. The topological polar surface area (TPSA) is 54.5 Å². The van der Waals surface area contributed by atoms with E-state index in [1.807, 2.05) is 6.92 Å². The van der Waals surface area contributed by atoms with Crippen molar-refractivity contribution in [1.82, 2.24) is 9.88 Å². The lowest BCUT2D eigenvalue weighted by Crippen LogP contribution is -2.44. The zero-order valence-corrected chi connectivity index (χ0v) is 11.0. The summed E-state index contributed by atoms with van der Waals surface area (Å²) in [6.07, 6.45) is 1.69. The Balaban J connectivity index is 1.83. The number of ether oxygens (including phenoxy) is 1. The number of hydrogen-bond donors (Lipinski definition) is 1. The fourth-order valence-electron chi connectivity index (χ4n) is 1.87. The van der Waals surface area contributed by atoms with Gasteiger partial charge in [-0.05, 0) is 19.1 Å². The van der Waals surface area contributed by atoms with Gasteiger partial charge in [0.05, 0.1) is 24.3 Å². The van der Waals surface area contributed by atoms with Gasteiger partial charge >= 0.3 is 0 Å². The van der Waals surface area contributed by atoms with Crippen LogP contribution in [-0.2, 0) is 9.53 Å². The number of nitrogens with zero attached hydrogens (tertiary/aromatic N) is 2. The molecule has 2 rings (SSSR count). The molecule has 1 aromatic rings. The van der Waals surface area contributed by atoms with Crippen LogP contribution in [0.2, 0.25) is 5.02 Å². The minimum atomic E-state index is -0.0704. The lowest BCUT2D eigenvalue weighted by atomic mass is 10.3. The molecule has 98 valence electrons. The van der Waals surface area contributed by atoms with Gasteiger partial charge in [-0.1, -0.05) is 11.6 Å². The van der Waals surface area contributed by atoms with E-state index in [0.29, 0.717) is 24.0 Å². The molecule has 0 spiro atoms. The summed E-state index contributed by atoms with van der Waals surface area (Å²) in [6.45, 7) is 4.60. The predicted molar refractivity (Wildman–Crippen MR) is 69.7 cm³/mol. The van der Waals surface area contributed by atoms with Crippen LogP contribution in [0.25, 0.3) is 0 Å². The number of rotatable bonds is 3. The van der Waals surface area contributed by atoms with Crippen LogP contribution in [0.4, 0.5) is 5.82 Å². The van der Waals surface area contributed by atoms with Crippen molar-refractivity contribution in [3.8, 4) is 0 Å². The molecule has 0 bridgehead atoms. The number of anilines is 1. The first-order valence-corrected chi connectivity index (χ1v) is 6.26. The van der Waals surface area contributed by atoms with Crippen LogP contribution in [0, 0.1) is 0 Å². The van der Waals surface area contributed by atoms with Crippen molar-refractivity contribution in [2.75, 3.05) is 31.6 Å². The molecule has 0 radical (unpaired) electrons. The summed E-state index contributed by atoms with van der Waals surface area (Å²) in [5.41, 5.74) is 0. The second kappa shape index (κ2) is 6.13. The summed E-state index contributed by atoms with van der Waals surface area (Å²) in [5.74, 6) is 0.449. The predicted octanol–water partition coefficient (Wildman–Crippen LogP) is 1.39. The van der Waals surface area contributed by atoms with Crippen molar-refractivity contribution in [3.63, 3.8) is 0 Å². The Kier molecular flexibility index (Phi) is 4.52. The second-order valence-corrected chi connectivity index (χ2v) is 4.76. The first-order chi connectivity index (χ1) is 8.63. The van der Waals surface area contributed by atoms with Crippen molar-refractivity contribution in [2.24, 2.45) is 0 Å². The van der Waals surface area contributed by atoms with Gasteiger partial charge in [0.15, 0.2) is 0 Å². The fourth-order valence-corrected chi connectivity index (χ4v) is 1.98. The standard InChI is InChI=1S/C12H16ClN3O2/c1-9-7-16(4-5-18-9)8-12(17)15-11-3-2-10(13)6-14-11/h2-3,6,9H,4-5,7-8H2,1H3,(H,14,15,17)/t9-/m1/s1. The molecule has 1 amide bonds. The first kappa shape index (κ1) is 13.3. The highest BCUT2D eigenvalue weighted by molar-refractivity contribution is 6.30. The molecule has 1 saturated heterocycles. The van der Waals surface area contributed by atoms with Crippen molar-refractivity contribution in [2.45, 2.75) is 13.0 Å². The number of carbonyl (C=O) groups is 1. The lowest BCUT2D eigenvalue weighted by Gasteiger charge is -2.30. The maximum Gasteiger partial charge on any atom is 0.239 e. The van der Waals surface area contributed by atoms with Crippen LogP contribution >= 0.6 is 11.6 Å². The molecule has 0 saturated carbocycles. The number of aromatic nitrogens is 1. The monoisotopic (exact) mass is 269 g/mol. The Morgan fingerprint density at radius 2 is 2.50 bits per heavy atom. The molecule has 2 heterocycles. The summed E-state index contributed by atoms with van der Waals surface area (Å²) >= 11 is 5.72. The van der Waals surface area contributed by atoms with E-state index in [1.165, 1.54) is 6.20 Å². The maximum absolute atomic E-state index is 11.8. The van der Waals surface area contributed by atoms with Gasteiger partial charge in [-0.15, -0.1) is 0 Å². The molecule has 0 unspecified atom stereocenters. The molecular formula is C12H16ClN3O2. The Hall–Kier alpha value is -1.17. The van der Waals surface area contributed by atoms with Crippen molar-refractivity contribution in [3.05, 3.63) is 23.4 Å². The SMILES string of the molecule is C[C@@H]1CN(CC(=O)Nc2ccc(Cl)cn2)CCO1. The zero-order chi connectivity index (χ0) is 13.0. The van der Waals surface area contributed by atoms with E-state index in [4.69, 9.17) is 16.3 Å². The third-order valence-electron chi connectivity index (χ3n) is 2.69. The molecule has 1 aromatic heterocycles. The summed E-state index contributed by atoms with van der Waals surface area (Å²) in [4.78, 5) is 17.9. The zero-order valence-electron chi connectivity index (χ0n) is 10.2. The Labute approximate surface area is 111 Å². The van der Waals surface area contributed by atoms with Gasteiger partial charge in [0.25, 0.3) is 0 Å². The third kappa shape index (κ3) is 3.94. The highest BCUT2D eigenvalue weighted by Crippen LogP contribution is 2.10. The van der Waals surface area contributed by atoms with Crippen LogP contribution in [0.1, 0.15) is 6.92 Å². The maximum atomic E-state index is 11.8. The van der Waals surface area contributed by atoms with Gasteiger partial charge in [-0.2, -0.15) is 0 Å². The first-order valence-electron chi connectivity index (χ1n) is 5.89. The Morgan fingerprint density at radius 3 is 3.17 bits per heavy atom. The highest BCUT2D eigenvalue weighted by atomic mass is 35.5. The number of morpholine rings is 1. The molecule has 0 aliphatic carbocycles. The third-order valence-corrected chi connectivity index (χ3v) is 2.91. The second-order valence-electron chi connectivity index (χ2n) is 4.33. The average molecular weight is 270 g/mol. The average Bonchev–Trinajstić information content (AvgIpc) is 2.32. The van der Waals surface area contributed by atoms with E-state index < -0.39 is 0 Å². The van der Waals surface area contributed by atoms with E-state index >= 15 is 0 Å². The molecule has 1 aliphatic rings. The lowest BCUT2D eigenvalue weighted by molar-refractivity contribution is -0.119. The van der Waals surface area contributed by atoms with Gasteiger partial charge in [0.1, 0.15) is 5.82 Å². The van der Waals surface area contributed by atoms with E-state index in [2.05, 4.69) is 15.2 Å². The largest absolute Gasteiger partial charge is 0.376 e. The van der Waals surface area contributed by atoms with Gasteiger partial charge in [-0.25, -0.2) is 4.98 Å². The van der Waals surface area contributed by atoms with Crippen LogP contribution in [0.15, 0.2) is 18.3 Å². The summed E-state index contributed by atoms with van der Waals surface area (Å²) < 4.78 is 5.42. The smallest absolute Gasteiger partial charge is 0.239 e. The van der Waals surface area contributed by atoms with E-state index in [-0.39, 0.29) is 12.0 Å². The van der Waals surface area contributed by atoms with Gasteiger partial charge in [0.2, 0.25) is 5.91 Å². The normalized spacial score (nSPS) is 20.7. The van der Waals surface area contributed by atoms with E-state index in [1.54, 1.807) is 12.1 Å². The number of nitrogens with one attached hydrogen (secondary N) is 1. The molecular weight excluding hydrogens is 254 g/mol. The molecule has 6 heteroatoms. The van der Waals surface area contributed by atoms with Crippen molar-refractivity contribution < 1.29 is 9.53 Å². The highest BCUT2D eigenvalue weighted by Gasteiger charge is 2.18. The minimum Gasteiger partial charge on any atom is -0.376 e. The summed E-state index contributed by atoms with van der Waals surface area (Å²) in [5, 5.41) is 3.29. The molecule has 1 atom stereocenters. The van der Waals surface area contributed by atoms with Crippen LogP contribution in [0.3, 0.4) is 0 Å². The van der Waals surface area contributed by atoms with Gasteiger partial charge < -0.3 is 10.1 Å². The number of carbonyl (C=O) groups excluding carboxylic acids is 1. The minimum absolute atomic E-state index is 0.0704. The number of pyridine rings is 1. The molecule has 18 heavy (non-hydrogen) atoms. The molecule has 1 N–H and O–H groups in total. The molecule has 1 aliphatic heterocycles. The molecule has 1 fully saturated rings. The number of amides is 1. The Morgan fingerprint density at radius 1 is 1.67 bits per heavy atom. The van der Waals surface area contributed by atoms with Crippen molar-refractivity contribution >= 4 is 23.3 Å². The molecule has 0 aromatic carbocycles. The van der Waals surface area contributed by atoms with Crippen LogP contribution in [0.5, 0.6) is 0 Å².